The highest BCUT2D eigenvalue weighted by Crippen LogP contribution is 2.74. The molecule has 0 amide bonds. The Bertz CT molecular complexity index is 1690. The van der Waals surface area contributed by atoms with Crippen molar-refractivity contribution in [3.8, 4) is 0 Å². The molecule has 6 nitrogen and oxygen atoms in total. The number of methoxy groups -OCH3 is 1. The van der Waals surface area contributed by atoms with Gasteiger partial charge in [-0.15, -0.1) is 0 Å². The zero-order chi connectivity index (χ0) is 32.5. The molecule has 244 valence electrons. The minimum atomic E-state index is -1.74. The summed E-state index contributed by atoms with van der Waals surface area (Å²) in [5, 5.41) is 39.6. The summed E-state index contributed by atoms with van der Waals surface area (Å²) in [6.45, 7) is 7.46. The van der Waals surface area contributed by atoms with Gasteiger partial charge in [0.05, 0.1) is 12.0 Å². The van der Waals surface area contributed by atoms with Crippen molar-refractivity contribution in [3.63, 3.8) is 0 Å². The van der Waals surface area contributed by atoms with Crippen molar-refractivity contribution in [1.82, 2.24) is 5.32 Å². The molecule has 7 rings (SSSR count). The molecule has 4 aliphatic rings. The fourth-order valence-electron chi connectivity index (χ4n) is 10.9. The number of aryl methyl sites for hydroxylation is 1. The van der Waals surface area contributed by atoms with Gasteiger partial charge in [-0.2, -0.15) is 0 Å². The Morgan fingerprint density at radius 3 is 2.52 bits per heavy atom. The highest BCUT2D eigenvalue weighted by molar-refractivity contribution is 5.90. The fraction of sp³-hybridized carbons (Fsp3) is 0.525. The van der Waals surface area contributed by atoms with E-state index in [0.717, 1.165) is 58.8 Å². The van der Waals surface area contributed by atoms with Crippen LogP contribution in [0.3, 0.4) is 0 Å². The summed E-state index contributed by atoms with van der Waals surface area (Å²) in [6, 6.07) is 21.8. The Labute approximate surface area is 272 Å². The predicted octanol–water partition coefficient (Wildman–Crippen LogP) is 5.46. The lowest BCUT2D eigenvalue weighted by molar-refractivity contribution is -0.254. The molecule has 4 N–H and O–H groups in total. The maximum atomic E-state index is 14.8. The molecule has 4 aliphatic carbocycles. The highest BCUT2D eigenvalue weighted by atomic mass is 16.6. The van der Waals surface area contributed by atoms with Crippen LogP contribution in [0.2, 0.25) is 0 Å². The van der Waals surface area contributed by atoms with E-state index in [9.17, 15) is 20.1 Å². The van der Waals surface area contributed by atoms with Crippen molar-refractivity contribution >= 4 is 16.6 Å². The van der Waals surface area contributed by atoms with Crippen molar-refractivity contribution in [3.05, 3.63) is 95.1 Å². The average Bonchev–Trinajstić information content (AvgIpc) is 3.64. The number of ether oxygens (including phenoxy) is 1. The lowest BCUT2D eigenvalue weighted by atomic mass is 9.55. The monoisotopic (exact) mass is 623 g/mol. The molecule has 7 bridgehead atoms. The first kappa shape index (κ1) is 31.7. The van der Waals surface area contributed by atoms with Crippen LogP contribution in [0.15, 0.2) is 72.8 Å². The number of carbonyl (C=O) groups is 1. The normalized spacial score (nSPS) is 37.2. The van der Waals surface area contributed by atoms with Gasteiger partial charge in [0.15, 0.2) is 5.79 Å². The standard InChI is InChI=1S/C40H49NO5/c1-25-36-32(23-42)21-39(40(36,45)46-4)35(44)13-9-26-6-5-7-33(17-26)38(15-14-28(20-38)22-41-3)34(24-43)30-12-11-29-10-8-27(16-31(29)18-30)19-37(25,39)2/h5-8,10-12,16-18,28,32,34,36,41-43,45H,1,9,13-15,19-24H2,2-4H3/t28-,32+,34-,36-,37+,38-,39+,40+/m0/s1. The quantitative estimate of drug-likeness (QED) is 0.223. The van der Waals surface area contributed by atoms with E-state index >= 15 is 0 Å². The minimum Gasteiger partial charge on any atom is -0.396 e. The van der Waals surface area contributed by atoms with Gasteiger partial charge in [-0.05, 0) is 97.0 Å². The number of carbonyl (C=O) groups excluding carboxylic acids is 1. The molecule has 0 heterocycles. The molecule has 6 heteroatoms. The second kappa shape index (κ2) is 11.4. The van der Waals surface area contributed by atoms with E-state index < -0.39 is 22.5 Å². The third-order valence-electron chi connectivity index (χ3n) is 13.1. The zero-order valence-corrected chi connectivity index (χ0v) is 27.5. The number of hydrogen-bond donors (Lipinski definition) is 4. The number of Topliss-reactive ketones (excluding diaryl/α,β-unsaturated/α-hetero) is 1. The maximum absolute atomic E-state index is 14.8. The lowest BCUT2D eigenvalue weighted by Gasteiger charge is -2.48. The summed E-state index contributed by atoms with van der Waals surface area (Å²) in [4.78, 5) is 14.8. The molecule has 0 unspecified atom stereocenters. The molecule has 3 saturated carbocycles. The van der Waals surface area contributed by atoms with E-state index in [2.05, 4.69) is 79.5 Å². The minimum absolute atomic E-state index is 0.0302. The van der Waals surface area contributed by atoms with E-state index in [-0.39, 0.29) is 42.7 Å². The van der Waals surface area contributed by atoms with Crippen molar-refractivity contribution in [1.29, 1.82) is 0 Å². The number of hydrogen-bond acceptors (Lipinski definition) is 6. The first-order valence-corrected chi connectivity index (χ1v) is 17.1. The maximum Gasteiger partial charge on any atom is 0.185 e. The first-order chi connectivity index (χ1) is 22.1. The molecule has 0 aliphatic heterocycles. The van der Waals surface area contributed by atoms with Crippen LogP contribution in [0.25, 0.3) is 10.8 Å². The Hall–Kier alpha value is -2.87. The van der Waals surface area contributed by atoms with Crippen LogP contribution in [0.4, 0.5) is 0 Å². The number of aliphatic hydroxyl groups excluding tert-OH is 2. The Kier molecular flexibility index (Phi) is 7.85. The van der Waals surface area contributed by atoms with Crippen molar-refractivity contribution in [2.45, 2.75) is 69.0 Å². The van der Waals surface area contributed by atoms with Gasteiger partial charge in [-0.3, -0.25) is 4.79 Å². The molecule has 3 fully saturated rings. The molecular formula is C40H49NO5. The fourth-order valence-corrected chi connectivity index (χ4v) is 10.9. The number of rotatable bonds is 5. The number of benzene rings is 3. The average molecular weight is 624 g/mol. The molecule has 3 aromatic carbocycles. The van der Waals surface area contributed by atoms with Gasteiger partial charge in [0.2, 0.25) is 0 Å². The molecule has 0 radical (unpaired) electrons. The Morgan fingerprint density at radius 2 is 1.78 bits per heavy atom. The molecule has 8 atom stereocenters. The summed E-state index contributed by atoms with van der Waals surface area (Å²) in [5.74, 6) is -2.16. The summed E-state index contributed by atoms with van der Waals surface area (Å²) in [5.41, 5.74) is 3.04. The van der Waals surface area contributed by atoms with Gasteiger partial charge >= 0.3 is 0 Å². The zero-order valence-electron chi connectivity index (χ0n) is 27.5. The van der Waals surface area contributed by atoms with Gasteiger partial charge in [-0.25, -0.2) is 0 Å². The smallest absolute Gasteiger partial charge is 0.185 e. The van der Waals surface area contributed by atoms with Gasteiger partial charge < -0.3 is 25.4 Å². The molecule has 46 heavy (non-hydrogen) atoms. The van der Waals surface area contributed by atoms with Crippen molar-refractivity contribution < 1.29 is 24.9 Å². The largest absolute Gasteiger partial charge is 0.396 e. The third kappa shape index (κ3) is 4.23. The number of nitrogens with one attached hydrogen (secondary N) is 1. The lowest BCUT2D eigenvalue weighted by Crippen LogP contribution is -2.56. The van der Waals surface area contributed by atoms with E-state index in [1.165, 1.54) is 12.7 Å². The van der Waals surface area contributed by atoms with Crippen molar-refractivity contribution in [2.24, 2.45) is 28.6 Å². The summed E-state index contributed by atoms with van der Waals surface area (Å²) >= 11 is 0. The Balaban J connectivity index is 1.44. The summed E-state index contributed by atoms with van der Waals surface area (Å²) in [6.07, 6.45) is 4.72. The van der Waals surface area contributed by atoms with Crippen LogP contribution >= 0.6 is 0 Å². The number of aliphatic hydroxyl groups is 3. The molecule has 2 spiro atoms. The third-order valence-corrected chi connectivity index (χ3v) is 13.1. The Morgan fingerprint density at radius 1 is 0.978 bits per heavy atom. The predicted molar refractivity (Wildman–Crippen MR) is 181 cm³/mol. The second-order valence-electron chi connectivity index (χ2n) is 15.1. The molecule has 3 aromatic rings. The number of fused-ring (bicyclic) bond motifs is 6. The molecular weight excluding hydrogens is 574 g/mol. The summed E-state index contributed by atoms with van der Waals surface area (Å²) < 4.78 is 5.96. The van der Waals surface area contributed by atoms with Crippen LogP contribution in [0.5, 0.6) is 0 Å². The van der Waals surface area contributed by atoms with Crippen LogP contribution in [-0.4, -0.2) is 60.8 Å². The number of ketones is 1. The molecule has 0 saturated heterocycles. The van der Waals surface area contributed by atoms with E-state index in [4.69, 9.17) is 4.74 Å². The van der Waals surface area contributed by atoms with Crippen LogP contribution in [0.1, 0.15) is 67.2 Å². The van der Waals surface area contributed by atoms with Crippen LogP contribution < -0.4 is 5.32 Å². The van der Waals surface area contributed by atoms with Gasteiger partial charge in [0.1, 0.15) is 5.78 Å². The second-order valence-corrected chi connectivity index (χ2v) is 15.1. The van der Waals surface area contributed by atoms with E-state index in [1.807, 2.05) is 7.05 Å². The van der Waals surface area contributed by atoms with E-state index in [0.29, 0.717) is 25.2 Å². The van der Waals surface area contributed by atoms with Gasteiger partial charge in [0, 0.05) is 42.8 Å². The topological polar surface area (TPSA) is 99.0 Å². The highest BCUT2D eigenvalue weighted by Gasteiger charge is 2.80. The van der Waals surface area contributed by atoms with Crippen LogP contribution in [-0.2, 0) is 27.8 Å². The van der Waals surface area contributed by atoms with E-state index in [1.54, 1.807) is 0 Å². The van der Waals surface area contributed by atoms with Crippen LogP contribution in [0, 0.1) is 28.6 Å². The molecule has 0 aromatic heterocycles. The van der Waals surface area contributed by atoms with Gasteiger partial charge in [0.25, 0.3) is 0 Å². The summed E-state index contributed by atoms with van der Waals surface area (Å²) in [7, 11) is 3.50. The van der Waals surface area contributed by atoms with Gasteiger partial charge in [-0.1, -0.05) is 79.7 Å². The first-order valence-electron chi connectivity index (χ1n) is 17.1. The van der Waals surface area contributed by atoms with Crippen molar-refractivity contribution in [2.75, 3.05) is 33.9 Å². The SMILES string of the molecule is C=C1[C@H]2[C@@H](CO)C[C@]3(C(=O)CCc4cccc(c4)[C@@]4(CC[C@H](CNC)C4)[C@@H](CO)c4ccc5ccc(cc5c4)C[C@]13C)[C@]2(O)OC.